The molecule has 0 aliphatic carbocycles. The lowest BCUT2D eigenvalue weighted by molar-refractivity contribution is -0.137. The molecule has 1 heterocycles. The minimum Gasteiger partial charge on any atom is -0.356 e. The van der Waals surface area contributed by atoms with E-state index in [1.54, 1.807) is 34.9 Å². The minimum atomic E-state index is -3.80. The van der Waals surface area contributed by atoms with Gasteiger partial charge in [-0.1, -0.05) is 18.2 Å². The van der Waals surface area contributed by atoms with Crippen LogP contribution in [0.3, 0.4) is 0 Å². The molecule has 0 saturated carbocycles. The van der Waals surface area contributed by atoms with Gasteiger partial charge in [-0.2, -0.15) is 16.5 Å². The Bertz CT molecular complexity index is 756. The van der Waals surface area contributed by atoms with Gasteiger partial charge >= 0.3 is 0 Å². The van der Waals surface area contributed by atoms with E-state index in [-0.39, 0.29) is 22.6 Å². The standard InChI is InChI=1S/C19H29N3O4S2/c1-3-20-18(23)15-8-7-12-22(14-15)19(24)17(11-13-27-2)21-28(25,26)16-9-5-4-6-10-16/h4-6,9-10,15,17,21H,3,7-8,11-14H2,1-2H3,(H,20,23). The SMILES string of the molecule is CCNC(=O)C1CCCN(C(=O)C(CCSC)NS(=O)(=O)c2ccccc2)C1. The molecule has 0 spiro atoms. The lowest BCUT2D eigenvalue weighted by Crippen LogP contribution is -2.53. The molecule has 0 bridgehead atoms. The first kappa shape index (κ1) is 22.7. The van der Waals surface area contributed by atoms with Crippen LogP contribution in [0.5, 0.6) is 0 Å². The zero-order valence-electron chi connectivity index (χ0n) is 16.4. The van der Waals surface area contributed by atoms with Crippen molar-refractivity contribution in [3.8, 4) is 0 Å². The number of likely N-dealkylation sites (tertiary alicyclic amines) is 1. The second-order valence-electron chi connectivity index (χ2n) is 6.79. The maximum absolute atomic E-state index is 13.1. The molecule has 28 heavy (non-hydrogen) atoms. The Hall–Kier alpha value is -1.58. The fourth-order valence-corrected chi connectivity index (χ4v) is 4.97. The topological polar surface area (TPSA) is 95.6 Å². The van der Waals surface area contributed by atoms with Gasteiger partial charge in [-0.25, -0.2) is 8.42 Å². The van der Waals surface area contributed by atoms with E-state index in [9.17, 15) is 18.0 Å². The van der Waals surface area contributed by atoms with Crippen LogP contribution < -0.4 is 10.0 Å². The van der Waals surface area contributed by atoms with Crippen LogP contribution in [0.4, 0.5) is 0 Å². The number of hydrogen-bond donors (Lipinski definition) is 2. The first-order valence-corrected chi connectivity index (χ1v) is 12.4. The highest BCUT2D eigenvalue weighted by Gasteiger charge is 2.33. The Morgan fingerprint density at radius 3 is 2.64 bits per heavy atom. The molecule has 0 radical (unpaired) electrons. The first-order chi connectivity index (χ1) is 13.4. The van der Waals surface area contributed by atoms with Crippen molar-refractivity contribution < 1.29 is 18.0 Å². The van der Waals surface area contributed by atoms with E-state index in [1.807, 2.05) is 13.2 Å². The van der Waals surface area contributed by atoms with E-state index in [2.05, 4.69) is 10.0 Å². The van der Waals surface area contributed by atoms with E-state index >= 15 is 0 Å². The van der Waals surface area contributed by atoms with Crippen molar-refractivity contribution in [3.63, 3.8) is 0 Å². The average molecular weight is 428 g/mol. The molecular weight excluding hydrogens is 398 g/mol. The van der Waals surface area contributed by atoms with Gasteiger partial charge < -0.3 is 10.2 Å². The van der Waals surface area contributed by atoms with Gasteiger partial charge in [0, 0.05) is 19.6 Å². The summed E-state index contributed by atoms with van der Waals surface area (Å²) in [5.41, 5.74) is 0. The molecule has 1 aliphatic heterocycles. The molecule has 2 atom stereocenters. The van der Waals surface area contributed by atoms with Crippen LogP contribution in [-0.4, -0.2) is 62.8 Å². The van der Waals surface area contributed by atoms with Crippen molar-refractivity contribution >= 4 is 33.6 Å². The van der Waals surface area contributed by atoms with Crippen LogP contribution in [-0.2, 0) is 19.6 Å². The molecule has 1 aromatic carbocycles. The third-order valence-electron chi connectivity index (χ3n) is 4.71. The van der Waals surface area contributed by atoms with Crippen LogP contribution in [0.2, 0.25) is 0 Å². The van der Waals surface area contributed by atoms with Crippen molar-refractivity contribution in [3.05, 3.63) is 30.3 Å². The van der Waals surface area contributed by atoms with Crippen LogP contribution in [0, 0.1) is 5.92 Å². The number of nitrogens with zero attached hydrogens (tertiary/aromatic N) is 1. The lowest BCUT2D eigenvalue weighted by atomic mass is 9.96. The molecule has 2 amide bonds. The van der Waals surface area contributed by atoms with Gasteiger partial charge in [0.25, 0.3) is 0 Å². The van der Waals surface area contributed by atoms with Gasteiger partial charge in [0.05, 0.1) is 10.8 Å². The Morgan fingerprint density at radius 2 is 2.00 bits per heavy atom. The van der Waals surface area contributed by atoms with Gasteiger partial charge in [0.2, 0.25) is 21.8 Å². The van der Waals surface area contributed by atoms with E-state index in [1.165, 1.54) is 12.1 Å². The predicted octanol–water partition coefficient (Wildman–Crippen LogP) is 1.46. The van der Waals surface area contributed by atoms with Crippen molar-refractivity contribution in [2.24, 2.45) is 5.92 Å². The van der Waals surface area contributed by atoms with Gasteiger partial charge in [-0.15, -0.1) is 0 Å². The third-order valence-corrected chi connectivity index (χ3v) is 6.85. The number of carbonyl (C=O) groups excluding carboxylic acids is 2. The Kier molecular flexibility index (Phi) is 8.78. The van der Waals surface area contributed by atoms with Crippen LogP contribution in [0.15, 0.2) is 35.2 Å². The summed E-state index contributed by atoms with van der Waals surface area (Å²) >= 11 is 1.56. The van der Waals surface area contributed by atoms with Gasteiger partial charge in [0.1, 0.15) is 6.04 Å². The maximum Gasteiger partial charge on any atom is 0.241 e. The second-order valence-corrected chi connectivity index (χ2v) is 9.49. The number of amides is 2. The Morgan fingerprint density at radius 1 is 1.29 bits per heavy atom. The molecule has 156 valence electrons. The maximum atomic E-state index is 13.1. The molecule has 7 nitrogen and oxygen atoms in total. The number of thioether (sulfide) groups is 1. The molecule has 2 unspecified atom stereocenters. The van der Waals surface area contributed by atoms with Gasteiger partial charge in [-0.3, -0.25) is 9.59 Å². The number of hydrogen-bond acceptors (Lipinski definition) is 5. The normalized spacial score (nSPS) is 18.5. The number of piperidine rings is 1. The van der Waals surface area contributed by atoms with Gasteiger partial charge in [0.15, 0.2) is 0 Å². The highest BCUT2D eigenvalue weighted by molar-refractivity contribution is 7.98. The first-order valence-electron chi connectivity index (χ1n) is 9.51. The number of rotatable bonds is 9. The summed E-state index contributed by atoms with van der Waals surface area (Å²) in [6.45, 7) is 3.28. The monoisotopic (exact) mass is 427 g/mol. The molecule has 9 heteroatoms. The number of sulfonamides is 1. The summed E-state index contributed by atoms with van der Waals surface area (Å²) in [7, 11) is -3.80. The number of carbonyl (C=O) groups is 2. The van der Waals surface area contributed by atoms with E-state index in [4.69, 9.17) is 0 Å². The Balaban J connectivity index is 2.13. The molecule has 0 aromatic heterocycles. The fraction of sp³-hybridized carbons (Fsp3) is 0.579. The third kappa shape index (κ3) is 6.22. The largest absolute Gasteiger partial charge is 0.356 e. The molecule has 1 saturated heterocycles. The molecule has 1 aliphatic rings. The minimum absolute atomic E-state index is 0.0504. The zero-order chi connectivity index (χ0) is 20.6. The molecular formula is C19H29N3O4S2. The summed E-state index contributed by atoms with van der Waals surface area (Å²) in [6, 6.07) is 7.20. The smallest absolute Gasteiger partial charge is 0.241 e. The number of nitrogens with one attached hydrogen (secondary N) is 2. The number of benzene rings is 1. The summed E-state index contributed by atoms with van der Waals surface area (Å²) in [4.78, 5) is 27.0. The van der Waals surface area contributed by atoms with Crippen LogP contribution >= 0.6 is 11.8 Å². The summed E-state index contributed by atoms with van der Waals surface area (Å²) in [6.07, 6.45) is 3.78. The molecule has 1 aromatic rings. The summed E-state index contributed by atoms with van der Waals surface area (Å²) < 4.78 is 28.0. The molecule has 2 rings (SSSR count). The van der Waals surface area contributed by atoms with E-state index in [0.29, 0.717) is 31.8 Å². The van der Waals surface area contributed by atoms with Crippen molar-refractivity contribution in [2.75, 3.05) is 31.6 Å². The van der Waals surface area contributed by atoms with Crippen molar-refractivity contribution in [1.82, 2.24) is 14.9 Å². The van der Waals surface area contributed by atoms with Gasteiger partial charge in [-0.05, 0) is 50.3 Å². The lowest BCUT2D eigenvalue weighted by Gasteiger charge is -2.34. The van der Waals surface area contributed by atoms with E-state index < -0.39 is 16.1 Å². The predicted molar refractivity (Wildman–Crippen MR) is 112 cm³/mol. The fourth-order valence-electron chi connectivity index (χ4n) is 3.25. The molecule has 2 N–H and O–H groups in total. The van der Waals surface area contributed by atoms with Crippen molar-refractivity contribution in [1.29, 1.82) is 0 Å². The molecule has 1 fully saturated rings. The average Bonchev–Trinajstić information content (AvgIpc) is 2.71. The van der Waals surface area contributed by atoms with E-state index in [0.717, 1.165) is 12.8 Å². The second kappa shape index (κ2) is 10.8. The highest BCUT2D eigenvalue weighted by atomic mass is 32.2. The highest BCUT2D eigenvalue weighted by Crippen LogP contribution is 2.19. The summed E-state index contributed by atoms with van der Waals surface area (Å²) in [5.74, 6) is 0.0964. The Labute approximate surface area is 171 Å². The van der Waals surface area contributed by atoms with Crippen LogP contribution in [0.25, 0.3) is 0 Å². The van der Waals surface area contributed by atoms with Crippen molar-refractivity contribution in [2.45, 2.75) is 37.1 Å². The zero-order valence-corrected chi connectivity index (χ0v) is 18.0. The summed E-state index contributed by atoms with van der Waals surface area (Å²) in [5, 5.41) is 2.81. The quantitative estimate of drug-likeness (QED) is 0.622. The van der Waals surface area contributed by atoms with Crippen LogP contribution in [0.1, 0.15) is 26.2 Å².